The molecule has 172 valence electrons. The van der Waals surface area contributed by atoms with Gasteiger partial charge in [-0.05, 0) is 36.2 Å². The SMILES string of the molecule is COc1cccc(NC(=O)N2CCOC(CN(CC(C)C)C(=O)c3cccc(F)c3)C2)c1. The minimum Gasteiger partial charge on any atom is -0.497 e. The zero-order valence-electron chi connectivity index (χ0n) is 18.7. The van der Waals surface area contributed by atoms with E-state index in [-0.39, 0.29) is 24.0 Å². The van der Waals surface area contributed by atoms with Crippen LogP contribution in [-0.4, -0.2) is 67.7 Å². The first-order chi connectivity index (χ1) is 15.4. The molecule has 0 radical (unpaired) electrons. The minimum atomic E-state index is -0.449. The number of carbonyl (C=O) groups excluding carboxylic acids is 2. The third-order valence-electron chi connectivity index (χ3n) is 5.12. The quantitative estimate of drug-likeness (QED) is 0.705. The second-order valence-corrected chi connectivity index (χ2v) is 8.22. The van der Waals surface area contributed by atoms with E-state index in [9.17, 15) is 14.0 Å². The first kappa shape index (κ1) is 23.5. The number of morpholine rings is 1. The summed E-state index contributed by atoms with van der Waals surface area (Å²) in [6.07, 6.45) is -0.337. The highest BCUT2D eigenvalue weighted by atomic mass is 19.1. The van der Waals surface area contributed by atoms with Crippen molar-refractivity contribution in [1.29, 1.82) is 0 Å². The van der Waals surface area contributed by atoms with Crippen LogP contribution >= 0.6 is 0 Å². The van der Waals surface area contributed by atoms with Gasteiger partial charge in [0.1, 0.15) is 11.6 Å². The van der Waals surface area contributed by atoms with Gasteiger partial charge in [0.05, 0.1) is 26.4 Å². The molecule has 0 spiro atoms. The van der Waals surface area contributed by atoms with Crippen LogP contribution in [-0.2, 0) is 4.74 Å². The predicted molar refractivity (Wildman–Crippen MR) is 120 cm³/mol. The summed E-state index contributed by atoms with van der Waals surface area (Å²) in [5.41, 5.74) is 0.939. The molecule has 1 fully saturated rings. The number of hydrogen-bond acceptors (Lipinski definition) is 4. The van der Waals surface area contributed by atoms with Crippen LogP contribution in [0.3, 0.4) is 0 Å². The van der Waals surface area contributed by atoms with Crippen LogP contribution < -0.4 is 10.1 Å². The molecule has 1 N–H and O–H groups in total. The molecule has 0 aliphatic carbocycles. The lowest BCUT2D eigenvalue weighted by atomic mass is 10.1. The maximum Gasteiger partial charge on any atom is 0.322 e. The summed E-state index contributed by atoms with van der Waals surface area (Å²) in [6, 6.07) is 12.6. The third-order valence-corrected chi connectivity index (χ3v) is 5.12. The molecular formula is C24H30FN3O4. The van der Waals surface area contributed by atoms with Gasteiger partial charge in [-0.1, -0.05) is 26.0 Å². The summed E-state index contributed by atoms with van der Waals surface area (Å²) < 4.78 is 24.7. The molecule has 1 unspecified atom stereocenters. The number of nitrogens with zero attached hydrogens (tertiary/aromatic N) is 2. The summed E-state index contributed by atoms with van der Waals surface area (Å²) in [6.45, 7) is 6.03. The number of amides is 3. The van der Waals surface area contributed by atoms with Crippen molar-refractivity contribution in [1.82, 2.24) is 9.80 Å². The lowest BCUT2D eigenvalue weighted by Crippen LogP contribution is -2.52. The Labute approximate surface area is 188 Å². The molecule has 8 heteroatoms. The molecule has 1 aliphatic rings. The van der Waals surface area contributed by atoms with E-state index in [2.05, 4.69) is 5.32 Å². The summed E-state index contributed by atoms with van der Waals surface area (Å²) in [7, 11) is 1.57. The van der Waals surface area contributed by atoms with E-state index in [0.29, 0.717) is 49.8 Å². The number of methoxy groups -OCH3 is 1. The van der Waals surface area contributed by atoms with Crippen LogP contribution in [0.2, 0.25) is 0 Å². The van der Waals surface area contributed by atoms with E-state index >= 15 is 0 Å². The lowest BCUT2D eigenvalue weighted by Gasteiger charge is -2.36. The maximum absolute atomic E-state index is 13.6. The summed E-state index contributed by atoms with van der Waals surface area (Å²) in [4.78, 5) is 29.1. The van der Waals surface area contributed by atoms with E-state index in [1.165, 1.54) is 18.2 Å². The molecule has 1 saturated heterocycles. The van der Waals surface area contributed by atoms with Gasteiger partial charge in [-0.25, -0.2) is 9.18 Å². The summed E-state index contributed by atoms with van der Waals surface area (Å²) >= 11 is 0. The van der Waals surface area contributed by atoms with Crippen molar-refractivity contribution >= 4 is 17.6 Å². The summed E-state index contributed by atoms with van der Waals surface area (Å²) in [5, 5.41) is 2.88. The average Bonchev–Trinajstić information content (AvgIpc) is 2.78. The van der Waals surface area contributed by atoms with Crippen LogP contribution in [0.4, 0.5) is 14.9 Å². The lowest BCUT2D eigenvalue weighted by molar-refractivity contribution is -0.0272. The van der Waals surface area contributed by atoms with Gasteiger partial charge in [0, 0.05) is 37.0 Å². The van der Waals surface area contributed by atoms with Gasteiger partial charge in [0.2, 0.25) is 0 Å². The number of anilines is 1. The smallest absolute Gasteiger partial charge is 0.322 e. The van der Waals surface area contributed by atoms with E-state index in [4.69, 9.17) is 9.47 Å². The van der Waals surface area contributed by atoms with Crippen LogP contribution in [0.5, 0.6) is 5.75 Å². The van der Waals surface area contributed by atoms with E-state index in [1.807, 2.05) is 13.8 Å². The van der Waals surface area contributed by atoms with Gasteiger partial charge in [-0.2, -0.15) is 0 Å². The first-order valence-corrected chi connectivity index (χ1v) is 10.7. The number of rotatable bonds is 7. The molecule has 0 saturated carbocycles. The van der Waals surface area contributed by atoms with Gasteiger partial charge in [-0.3, -0.25) is 4.79 Å². The van der Waals surface area contributed by atoms with Gasteiger partial charge in [-0.15, -0.1) is 0 Å². The number of hydrogen-bond donors (Lipinski definition) is 1. The van der Waals surface area contributed by atoms with Crippen molar-refractivity contribution in [3.8, 4) is 5.75 Å². The van der Waals surface area contributed by atoms with Crippen molar-refractivity contribution in [3.05, 3.63) is 59.9 Å². The van der Waals surface area contributed by atoms with Gasteiger partial charge < -0.3 is 24.6 Å². The monoisotopic (exact) mass is 443 g/mol. The van der Waals surface area contributed by atoms with Crippen LogP contribution in [0.25, 0.3) is 0 Å². The van der Waals surface area contributed by atoms with Gasteiger partial charge in [0.25, 0.3) is 5.91 Å². The van der Waals surface area contributed by atoms with E-state index in [0.717, 1.165) is 0 Å². The van der Waals surface area contributed by atoms with E-state index in [1.54, 1.807) is 47.2 Å². The highest BCUT2D eigenvalue weighted by molar-refractivity contribution is 5.94. The first-order valence-electron chi connectivity index (χ1n) is 10.7. The Balaban J connectivity index is 1.65. The number of nitrogens with one attached hydrogen (secondary N) is 1. The molecule has 32 heavy (non-hydrogen) atoms. The molecule has 2 aromatic rings. The molecule has 2 aromatic carbocycles. The average molecular weight is 444 g/mol. The Kier molecular flexibility index (Phi) is 8.05. The van der Waals surface area contributed by atoms with Crippen LogP contribution in [0, 0.1) is 11.7 Å². The van der Waals surface area contributed by atoms with Crippen LogP contribution in [0.1, 0.15) is 24.2 Å². The molecular weight excluding hydrogens is 413 g/mol. The molecule has 1 heterocycles. The largest absolute Gasteiger partial charge is 0.497 e. The maximum atomic E-state index is 13.6. The van der Waals surface area contributed by atoms with Crippen molar-refractivity contribution in [2.75, 3.05) is 45.2 Å². The Hall–Kier alpha value is -3.13. The Morgan fingerprint density at radius 1 is 1.25 bits per heavy atom. The molecule has 0 bridgehead atoms. The molecule has 0 aromatic heterocycles. The standard InChI is InChI=1S/C24H30FN3O4/c1-17(2)14-28(23(29)18-6-4-7-19(25)12-18)16-22-15-27(10-11-32-22)24(30)26-20-8-5-9-21(13-20)31-3/h4-9,12-13,17,22H,10-11,14-16H2,1-3H3,(H,26,30). The Bertz CT molecular complexity index is 937. The molecule has 1 atom stereocenters. The highest BCUT2D eigenvalue weighted by Crippen LogP contribution is 2.18. The van der Waals surface area contributed by atoms with Gasteiger partial charge in [0.15, 0.2) is 0 Å². The Morgan fingerprint density at radius 3 is 2.75 bits per heavy atom. The number of ether oxygens (including phenoxy) is 2. The normalized spacial score (nSPS) is 16.0. The van der Waals surface area contributed by atoms with Crippen molar-refractivity contribution in [2.24, 2.45) is 5.92 Å². The topological polar surface area (TPSA) is 71.1 Å². The summed E-state index contributed by atoms with van der Waals surface area (Å²) in [5.74, 6) is 0.181. The second-order valence-electron chi connectivity index (χ2n) is 8.22. The van der Waals surface area contributed by atoms with Crippen molar-refractivity contribution in [2.45, 2.75) is 20.0 Å². The van der Waals surface area contributed by atoms with Crippen LogP contribution in [0.15, 0.2) is 48.5 Å². The van der Waals surface area contributed by atoms with Crippen molar-refractivity contribution < 1.29 is 23.5 Å². The third kappa shape index (κ3) is 6.43. The van der Waals surface area contributed by atoms with Crippen molar-refractivity contribution in [3.63, 3.8) is 0 Å². The molecule has 3 rings (SSSR count). The Morgan fingerprint density at radius 2 is 2.03 bits per heavy atom. The zero-order chi connectivity index (χ0) is 23.1. The minimum absolute atomic E-state index is 0.226. The number of halogens is 1. The molecule has 3 amide bonds. The second kappa shape index (κ2) is 10.9. The zero-order valence-corrected chi connectivity index (χ0v) is 18.7. The number of urea groups is 1. The fourth-order valence-corrected chi connectivity index (χ4v) is 3.65. The predicted octanol–water partition coefficient (Wildman–Crippen LogP) is 3.87. The molecule has 1 aliphatic heterocycles. The fraction of sp³-hybridized carbons (Fsp3) is 0.417. The highest BCUT2D eigenvalue weighted by Gasteiger charge is 2.28. The number of carbonyl (C=O) groups is 2. The van der Waals surface area contributed by atoms with Gasteiger partial charge >= 0.3 is 6.03 Å². The molecule has 7 nitrogen and oxygen atoms in total. The van der Waals surface area contributed by atoms with E-state index < -0.39 is 5.82 Å². The number of benzene rings is 2. The fourth-order valence-electron chi connectivity index (χ4n) is 3.65.